The lowest BCUT2D eigenvalue weighted by Crippen LogP contribution is -2.55. The van der Waals surface area contributed by atoms with Crippen LogP contribution < -0.4 is 25.3 Å². The molecule has 1 aromatic rings. The molecule has 9 heteroatoms. The van der Waals surface area contributed by atoms with E-state index in [2.05, 4.69) is 5.32 Å². The molecule has 1 saturated heterocycles. The number of ether oxygens (including phenoxy) is 3. The van der Waals surface area contributed by atoms with Crippen molar-refractivity contribution in [2.45, 2.75) is 51.1 Å². The van der Waals surface area contributed by atoms with Crippen molar-refractivity contribution in [3.05, 3.63) is 17.7 Å². The van der Waals surface area contributed by atoms with E-state index in [1.807, 2.05) is 0 Å². The van der Waals surface area contributed by atoms with E-state index in [0.717, 1.165) is 12.8 Å². The maximum absolute atomic E-state index is 13.3. The SMILES string of the molecule is COc1cc([C@H](C)C(=O)N2CCCC[C@H]2C(=O)N[C@@H](C)C(N)=O)cc(OC)c1OC. The van der Waals surface area contributed by atoms with Gasteiger partial charge in [-0.05, 0) is 50.8 Å². The molecule has 1 aliphatic heterocycles. The summed E-state index contributed by atoms with van der Waals surface area (Å²) in [5.74, 6) is -0.366. The number of primary amides is 1. The van der Waals surface area contributed by atoms with E-state index in [9.17, 15) is 14.4 Å². The fourth-order valence-corrected chi connectivity index (χ4v) is 3.59. The molecule has 166 valence electrons. The molecule has 1 heterocycles. The van der Waals surface area contributed by atoms with Crippen molar-refractivity contribution < 1.29 is 28.6 Å². The average Bonchev–Trinajstić information content (AvgIpc) is 2.76. The van der Waals surface area contributed by atoms with Gasteiger partial charge < -0.3 is 30.2 Å². The Morgan fingerprint density at radius 2 is 1.67 bits per heavy atom. The zero-order valence-electron chi connectivity index (χ0n) is 18.2. The van der Waals surface area contributed by atoms with Gasteiger partial charge in [0.1, 0.15) is 12.1 Å². The number of carbonyl (C=O) groups is 3. The summed E-state index contributed by atoms with van der Waals surface area (Å²) in [5.41, 5.74) is 5.93. The third-order valence-electron chi connectivity index (χ3n) is 5.43. The maximum Gasteiger partial charge on any atom is 0.243 e. The summed E-state index contributed by atoms with van der Waals surface area (Å²) >= 11 is 0. The van der Waals surface area contributed by atoms with Crippen LogP contribution in [0.5, 0.6) is 17.2 Å². The van der Waals surface area contributed by atoms with E-state index < -0.39 is 23.9 Å². The van der Waals surface area contributed by atoms with E-state index in [4.69, 9.17) is 19.9 Å². The molecular formula is C21H31N3O6. The third kappa shape index (κ3) is 4.95. The van der Waals surface area contributed by atoms with Gasteiger partial charge in [0.25, 0.3) is 0 Å². The lowest BCUT2D eigenvalue weighted by atomic mass is 9.94. The fourth-order valence-electron chi connectivity index (χ4n) is 3.59. The molecule has 1 fully saturated rings. The molecule has 0 spiro atoms. The molecule has 0 aromatic heterocycles. The fraction of sp³-hybridized carbons (Fsp3) is 0.571. The van der Waals surface area contributed by atoms with Crippen LogP contribution in [0.15, 0.2) is 12.1 Å². The van der Waals surface area contributed by atoms with E-state index in [-0.39, 0.29) is 11.8 Å². The number of amides is 3. The summed E-state index contributed by atoms with van der Waals surface area (Å²) in [6.07, 6.45) is 2.17. The van der Waals surface area contributed by atoms with Gasteiger partial charge in [-0.15, -0.1) is 0 Å². The minimum atomic E-state index is -0.802. The van der Waals surface area contributed by atoms with Gasteiger partial charge in [-0.1, -0.05) is 0 Å². The van der Waals surface area contributed by atoms with Gasteiger partial charge in [0.15, 0.2) is 11.5 Å². The van der Waals surface area contributed by atoms with Crippen molar-refractivity contribution in [2.24, 2.45) is 5.73 Å². The maximum atomic E-state index is 13.3. The van der Waals surface area contributed by atoms with Crippen LogP contribution in [0.4, 0.5) is 0 Å². The second-order valence-corrected chi connectivity index (χ2v) is 7.36. The van der Waals surface area contributed by atoms with Gasteiger partial charge in [-0.25, -0.2) is 0 Å². The molecule has 1 aliphatic rings. The van der Waals surface area contributed by atoms with Crippen LogP contribution in [-0.4, -0.2) is 62.6 Å². The van der Waals surface area contributed by atoms with Crippen molar-refractivity contribution in [2.75, 3.05) is 27.9 Å². The highest BCUT2D eigenvalue weighted by Gasteiger charge is 2.35. The number of hydrogen-bond donors (Lipinski definition) is 2. The van der Waals surface area contributed by atoms with E-state index in [1.165, 1.54) is 28.3 Å². The minimum absolute atomic E-state index is 0.184. The molecule has 3 N–H and O–H groups in total. The number of nitrogens with zero attached hydrogens (tertiary/aromatic N) is 1. The number of carbonyl (C=O) groups excluding carboxylic acids is 3. The largest absolute Gasteiger partial charge is 0.493 e. The molecule has 1 aromatic carbocycles. The molecule has 2 rings (SSSR count). The average molecular weight is 421 g/mol. The van der Waals surface area contributed by atoms with Crippen LogP contribution >= 0.6 is 0 Å². The molecule has 0 radical (unpaired) electrons. The molecule has 0 unspecified atom stereocenters. The molecular weight excluding hydrogens is 390 g/mol. The zero-order chi connectivity index (χ0) is 22.4. The van der Waals surface area contributed by atoms with Crippen LogP contribution in [-0.2, 0) is 14.4 Å². The summed E-state index contributed by atoms with van der Waals surface area (Å²) in [5, 5.41) is 2.60. The van der Waals surface area contributed by atoms with Crippen LogP contribution in [0.25, 0.3) is 0 Å². The number of rotatable bonds is 8. The number of likely N-dealkylation sites (tertiary alicyclic amines) is 1. The van der Waals surface area contributed by atoms with Crippen molar-refractivity contribution in [1.29, 1.82) is 0 Å². The first-order chi connectivity index (χ1) is 14.2. The highest BCUT2D eigenvalue weighted by molar-refractivity contribution is 5.93. The first kappa shape index (κ1) is 23.3. The summed E-state index contributed by atoms with van der Waals surface area (Å²) in [6, 6.07) is 2.03. The highest BCUT2D eigenvalue weighted by Crippen LogP contribution is 2.40. The zero-order valence-corrected chi connectivity index (χ0v) is 18.2. The Kier molecular flexibility index (Phi) is 7.91. The van der Waals surface area contributed by atoms with Crippen molar-refractivity contribution >= 4 is 17.7 Å². The van der Waals surface area contributed by atoms with Gasteiger partial charge in [0, 0.05) is 6.54 Å². The predicted octanol–water partition coefficient (Wildman–Crippen LogP) is 1.19. The standard InChI is InChI=1S/C21H31N3O6/c1-12(14-10-16(28-3)18(30-5)17(11-14)29-4)21(27)24-9-7-6-8-15(24)20(26)23-13(2)19(22)25/h10-13,15H,6-9H2,1-5H3,(H2,22,25)(H,23,26)/t12-,13-,15-/m0/s1. The topological polar surface area (TPSA) is 120 Å². The van der Waals surface area contributed by atoms with E-state index >= 15 is 0 Å². The third-order valence-corrected chi connectivity index (χ3v) is 5.43. The van der Waals surface area contributed by atoms with Crippen LogP contribution in [0.1, 0.15) is 44.6 Å². The molecule has 0 bridgehead atoms. The van der Waals surface area contributed by atoms with Crippen molar-refractivity contribution in [1.82, 2.24) is 10.2 Å². The van der Waals surface area contributed by atoms with Crippen LogP contribution in [0.3, 0.4) is 0 Å². The summed E-state index contributed by atoms with van der Waals surface area (Å²) < 4.78 is 16.1. The van der Waals surface area contributed by atoms with Gasteiger partial charge in [-0.3, -0.25) is 14.4 Å². The summed E-state index contributed by atoms with van der Waals surface area (Å²) in [4.78, 5) is 38.9. The Morgan fingerprint density at radius 3 is 2.17 bits per heavy atom. The second-order valence-electron chi connectivity index (χ2n) is 7.36. The number of nitrogens with two attached hydrogens (primary N) is 1. The number of nitrogens with one attached hydrogen (secondary N) is 1. The first-order valence-corrected chi connectivity index (χ1v) is 9.95. The smallest absolute Gasteiger partial charge is 0.243 e. The van der Waals surface area contributed by atoms with E-state index in [1.54, 1.807) is 24.0 Å². The lowest BCUT2D eigenvalue weighted by molar-refractivity contribution is -0.143. The number of hydrogen-bond acceptors (Lipinski definition) is 6. The Labute approximate surface area is 176 Å². The Bertz CT molecular complexity index is 772. The van der Waals surface area contributed by atoms with Gasteiger partial charge in [0.05, 0.1) is 27.2 Å². The Morgan fingerprint density at radius 1 is 1.07 bits per heavy atom. The predicted molar refractivity (Wildman–Crippen MR) is 111 cm³/mol. The molecule has 9 nitrogen and oxygen atoms in total. The molecule has 3 atom stereocenters. The lowest BCUT2D eigenvalue weighted by Gasteiger charge is -2.36. The van der Waals surface area contributed by atoms with Crippen molar-refractivity contribution in [3.63, 3.8) is 0 Å². The quantitative estimate of drug-likeness (QED) is 0.650. The normalized spacial score (nSPS) is 18.2. The summed E-state index contributed by atoms with van der Waals surface area (Å²) in [7, 11) is 4.54. The monoisotopic (exact) mass is 421 g/mol. The molecule has 0 saturated carbocycles. The Hall–Kier alpha value is -2.97. The van der Waals surface area contributed by atoms with Crippen LogP contribution in [0.2, 0.25) is 0 Å². The Balaban J connectivity index is 2.28. The van der Waals surface area contributed by atoms with Gasteiger partial charge >= 0.3 is 0 Å². The van der Waals surface area contributed by atoms with E-state index in [0.29, 0.717) is 35.8 Å². The number of methoxy groups -OCH3 is 3. The number of benzene rings is 1. The minimum Gasteiger partial charge on any atom is -0.493 e. The number of piperidine rings is 1. The second kappa shape index (κ2) is 10.2. The summed E-state index contributed by atoms with van der Waals surface area (Å²) in [6.45, 7) is 3.77. The van der Waals surface area contributed by atoms with Gasteiger partial charge in [-0.2, -0.15) is 0 Å². The highest BCUT2D eigenvalue weighted by atomic mass is 16.5. The molecule has 3 amide bonds. The van der Waals surface area contributed by atoms with Gasteiger partial charge in [0.2, 0.25) is 23.5 Å². The molecule has 30 heavy (non-hydrogen) atoms. The molecule has 0 aliphatic carbocycles. The van der Waals surface area contributed by atoms with Crippen molar-refractivity contribution in [3.8, 4) is 17.2 Å². The van der Waals surface area contributed by atoms with Crippen LogP contribution in [0, 0.1) is 0 Å². The first-order valence-electron chi connectivity index (χ1n) is 9.95.